The van der Waals surface area contributed by atoms with Crippen LogP contribution in [-0.2, 0) is 6.18 Å². The largest absolute Gasteiger partial charge is 0.445 e. The monoisotopic (exact) mass is 500 g/mol. The fourth-order valence-electron chi connectivity index (χ4n) is 3.62. The van der Waals surface area contributed by atoms with Crippen LogP contribution in [0.5, 0.6) is 0 Å². The molecule has 1 N–H and O–H groups in total. The summed E-state index contributed by atoms with van der Waals surface area (Å²) in [5, 5.41) is 9.89. The molecule has 5 heterocycles. The number of fused-ring (bicyclic) bond motifs is 1. The number of pyridine rings is 3. The van der Waals surface area contributed by atoms with Gasteiger partial charge in [0.1, 0.15) is 17.3 Å². The minimum Gasteiger partial charge on any atom is -0.354 e. The lowest BCUT2D eigenvalue weighted by molar-refractivity contribution is -0.138. The molecule has 4 aromatic heterocycles. The van der Waals surface area contributed by atoms with Crippen LogP contribution in [0.1, 0.15) is 15.4 Å². The molecule has 0 aromatic carbocycles. The SMILES string of the molecule is CN1CCN(c2cc(C(=O)Nc3cc4cc(-c5nnc(C(F)(F)F)s5)ncc4cn3)ccn2)CC1. The average Bonchev–Trinajstić information content (AvgIpc) is 3.35. The molecule has 1 saturated heterocycles. The molecule has 0 aliphatic carbocycles. The number of carbonyl (C=O) groups excluding carboxylic acids is 1. The fourth-order valence-corrected chi connectivity index (χ4v) is 4.30. The highest BCUT2D eigenvalue weighted by molar-refractivity contribution is 7.14. The van der Waals surface area contributed by atoms with Crippen LogP contribution >= 0.6 is 11.3 Å². The van der Waals surface area contributed by atoms with Gasteiger partial charge in [0.05, 0.1) is 0 Å². The summed E-state index contributed by atoms with van der Waals surface area (Å²) in [6, 6.07) is 6.60. The number of alkyl halides is 3. The highest BCUT2D eigenvalue weighted by atomic mass is 32.1. The zero-order valence-corrected chi connectivity index (χ0v) is 19.3. The van der Waals surface area contributed by atoms with Crippen molar-refractivity contribution in [2.45, 2.75) is 6.18 Å². The van der Waals surface area contributed by atoms with E-state index >= 15 is 0 Å². The number of nitrogens with zero attached hydrogens (tertiary/aromatic N) is 7. The van der Waals surface area contributed by atoms with Crippen molar-refractivity contribution in [1.82, 2.24) is 30.0 Å². The Morgan fingerprint density at radius 3 is 2.51 bits per heavy atom. The maximum atomic E-state index is 12.9. The second-order valence-electron chi connectivity index (χ2n) is 8.04. The summed E-state index contributed by atoms with van der Waals surface area (Å²) < 4.78 is 38.6. The molecule has 1 aliphatic rings. The van der Waals surface area contributed by atoms with E-state index in [4.69, 9.17) is 0 Å². The molecule has 9 nitrogen and oxygen atoms in total. The third-order valence-electron chi connectivity index (χ3n) is 5.57. The molecule has 1 amide bonds. The van der Waals surface area contributed by atoms with Crippen molar-refractivity contribution in [3.05, 3.63) is 53.4 Å². The quantitative estimate of drug-likeness (QED) is 0.454. The Morgan fingerprint density at radius 1 is 1.00 bits per heavy atom. The van der Waals surface area contributed by atoms with E-state index in [2.05, 4.69) is 47.3 Å². The Kier molecular flexibility index (Phi) is 6.03. The second kappa shape index (κ2) is 9.15. The van der Waals surface area contributed by atoms with Gasteiger partial charge in [0.25, 0.3) is 5.91 Å². The van der Waals surface area contributed by atoms with Gasteiger partial charge in [-0.1, -0.05) is 11.3 Å². The van der Waals surface area contributed by atoms with Gasteiger partial charge in [-0.2, -0.15) is 13.2 Å². The highest BCUT2D eigenvalue weighted by Crippen LogP contribution is 2.34. The Hall–Kier alpha value is -3.71. The normalized spacial score (nSPS) is 14.9. The van der Waals surface area contributed by atoms with E-state index in [1.807, 2.05) is 0 Å². The number of hydrogen-bond acceptors (Lipinski definition) is 9. The molecule has 180 valence electrons. The first-order valence-electron chi connectivity index (χ1n) is 10.6. The Morgan fingerprint density at radius 2 is 1.77 bits per heavy atom. The zero-order valence-electron chi connectivity index (χ0n) is 18.5. The molecule has 0 radical (unpaired) electrons. The molecule has 0 bridgehead atoms. The first-order valence-corrected chi connectivity index (χ1v) is 11.5. The van der Waals surface area contributed by atoms with Crippen molar-refractivity contribution >= 4 is 39.7 Å². The van der Waals surface area contributed by atoms with Crippen LogP contribution in [0.15, 0.2) is 42.9 Å². The van der Waals surface area contributed by atoms with Gasteiger partial charge in [0.15, 0.2) is 5.01 Å². The molecule has 0 spiro atoms. The molecule has 5 rings (SSSR count). The van der Waals surface area contributed by atoms with Crippen molar-refractivity contribution in [2.75, 3.05) is 43.4 Å². The van der Waals surface area contributed by atoms with E-state index in [1.165, 1.54) is 12.4 Å². The molecule has 0 unspecified atom stereocenters. The summed E-state index contributed by atoms with van der Waals surface area (Å²) in [5.41, 5.74) is 0.694. The maximum Gasteiger partial charge on any atom is 0.445 e. The second-order valence-corrected chi connectivity index (χ2v) is 9.02. The van der Waals surface area contributed by atoms with Crippen molar-refractivity contribution in [1.29, 1.82) is 0 Å². The van der Waals surface area contributed by atoms with Crippen LogP contribution in [0.2, 0.25) is 0 Å². The molecule has 1 fully saturated rings. The Labute approximate surface area is 201 Å². The van der Waals surface area contributed by atoms with Gasteiger partial charge >= 0.3 is 6.18 Å². The average molecular weight is 501 g/mol. The van der Waals surface area contributed by atoms with Crippen LogP contribution in [-0.4, -0.2) is 69.2 Å². The van der Waals surface area contributed by atoms with Crippen molar-refractivity contribution in [2.24, 2.45) is 0 Å². The fraction of sp³-hybridized carbons (Fsp3) is 0.273. The number of nitrogens with one attached hydrogen (secondary N) is 1. The number of hydrogen-bond donors (Lipinski definition) is 1. The van der Waals surface area contributed by atoms with Gasteiger partial charge in [0.2, 0.25) is 5.01 Å². The number of rotatable bonds is 4. The third kappa shape index (κ3) is 5.05. The van der Waals surface area contributed by atoms with Crippen LogP contribution in [0.4, 0.5) is 24.8 Å². The minimum absolute atomic E-state index is 0.0508. The Bertz CT molecular complexity index is 1380. The molecule has 35 heavy (non-hydrogen) atoms. The van der Waals surface area contributed by atoms with Gasteiger partial charge in [-0.05, 0) is 36.7 Å². The van der Waals surface area contributed by atoms with E-state index < -0.39 is 11.2 Å². The van der Waals surface area contributed by atoms with Crippen LogP contribution < -0.4 is 10.2 Å². The van der Waals surface area contributed by atoms with Gasteiger partial charge in [-0.25, -0.2) is 9.97 Å². The summed E-state index contributed by atoms with van der Waals surface area (Å²) in [5.74, 6) is 0.692. The van der Waals surface area contributed by atoms with Gasteiger partial charge in [-0.15, -0.1) is 10.2 Å². The molecule has 0 saturated carbocycles. The van der Waals surface area contributed by atoms with E-state index in [0.29, 0.717) is 33.5 Å². The number of aromatic nitrogens is 5. The van der Waals surface area contributed by atoms with Gasteiger partial charge < -0.3 is 15.1 Å². The van der Waals surface area contributed by atoms with Crippen LogP contribution in [0.25, 0.3) is 21.5 Å². The minimum atomic E-state index is -4.56. The molecular formula is C22H19F3N8OS. The number of likely N-dealkylation sites (N-methyl/N-ethyl adjacent to an activating group) is 1. The summed E-state index contributed by atoms with van der Waals surface area (Å²) in [7, 11) is 2.07. The standard InChI is InChI=1S/C22H19F3N8OS/c1-32-4-6-33(7-5-32)18-10-13(2-3-26-18)19(34)29-17-9-14-8-16(27-11-15(14)12-28-17)20-30-31-21(35-20)22(23,24)25/h2-3,8-12H,4-7H2,1H3,(H,28,29,34). The highest BCUT2D eigenvalue weighted by Gasteiger charge is 2.35. The first-order chi connectivity index (χ1) is 16.8. The van der Waals surface area contributed by atoms with E-state index in [1.54, 1.807) is 30.5 Å². The summed E-state index contributed by atoms with van der Waals surface area (Å²) in [6.45, 7) is 3.50. The molecule has 1 aliphatic heterocycles. The van der Waals surface area contributed by atoms with Crippen molar-refractivity contribution in [3.8, 4) is 10.7 Å². The summed E-state index contributed by atoms with van der Waals surface area (Å²) in [4.78, 5) is 30.1. The number of carbonyl (C=O) groups is 1. The van der Waals surface area contributed by atoms with E-state index in [0.717, 1.165) is 32.0 Å². The van der Waals surface area contributed by atoms with Crippen LogP contribution in [0.3, 0.4) is 0 Å². The lowest BCUT2D eigenvalue weighted by Crippen LogP contribution is -2.44. The maximum absolute atomic E-state index is 12.9. The summed E-state index contributed by atoms with van der Waals surface area (Å²) in [6.07, 6.45) is 0.0607. The number of piperazine rings is 1. The third-order valence-corrected chi connectivity index (χ3v) is 6.56. The predicted molar refractivity (Wildman–Crippen MR) is 125 cm³/mol. The lowest BCUT2D eigenvalue weighted by atomic mass is 10.2. The summed E-state index contributed by atoms with van der Waals surface area (Å²) >= 11 is 0.419. The van der Waals surface area contributed by atoms with E-state index in [-0.39, 0.29) is 16.6 Å². The first kappa shape index (κ1) is 23.1. The predicted octanol–water partition coefficient (Wildman–Crippen LogP) is 3.57. The number of anilines is 2. The molecule has 13 heteroatoms. The molecule has 4 aromatic rings. The van der Waals surface area contributed by atoms with Gasteiger partial charge in [0, 0.05) is 55.7 Å². The van der Waals surface area contributed by atoms with Crippen molar-refractivity contribution in [3.63, 3.8) is 0 Å². The van der Waals surface area contributed by atoms with Gasteiger partial charge in [-0.3, -0.25) is 9.78 Å². The number of amides is 1. The topological polar surface area (TPSA) is 100 Å². The molecular weight excluding hydrogens is 481 g/mol. The van der Waals surface area contributed by atoms with Crippen molar-refractivity contribution < 1.29 is 18.0 Å². The van der Waals surface area contributed by atoms with Crippen LogP contribution in [0, 0.1) is 0 Å². The zero-order chi connectivity index (χ0) is 24.6. The molecule has 0 atom stereocenters. The van der Waals surface area contributed by atoms with E-state index in [9.17, 15) is 18.0 Å². The Balaban J connectivity index is 1.35. The lowest BCUT2D eigenvalue weighted by Gasteiger charge is -2.33. The smallest absolute Gasteiger partial charge is 0.354 e. The number of halogens is 3.